The maximum Gasteiger partial charge on any atom is 0.194 e. The number of para-hydroxylation sites is 1. The molecule has 3 nitrogen and oxygen atoms in total. The Kier molecular flexibility index (Phi) is 5.94. The van der Waals surface area contributed by atoms with Crippen molar-refractivity contribution in [3.63, 3.8) is 0 Å². The lowest BCUT2D eigenvalue weighted by molar-refractivity contribution is 0.219. The molecule has 1 aromatic rings. The van der Waals surface area contributed by atoms with Crippen molar-refractivity contribution in [2.75, 3.05) is 26.2 Å². The third-order valence-electron chi connectivity index (χ3n) is 2.66. The van der Waals surface area contributed by atoms with Crippen LogP contribution in [-0.4, -0.2) is 41.3 Å². The highest BCUT2D eigenvalue weighted by molar-refractivity contribution is 7.80. The molecular formula is C13H19NO2S. The molecule has 0 saturated heterocycles. The van der Waals surface area contributed by atoms with E-state index in [9.17, 15) is 5.11 Å². The number of hydrogen-bond acceptors (Lipinski definition) is 4. The molecule has 0 aliphatic carbocycles. The van der Waals surface area contributed by atoms with Gasteiger partial charge in [0.1, 0.15) is 12.4 Å². The largest absolute Gasteiger partial charge is 0.507 e. The summed E-state index contributed by atoms with van der Waals surface area (Å²) in [6.45, 7) is 7.64. The SMILES string of the molecule is CCN(CC)CCOC(=S)c1ccccc1O. The van der Waals surface area contributed by atoms with Crippen molar-refractivity contribution in [2.24, 2.45) is 0 Å². The van der Waals surface area contributed by atoms with Crippen molar-refractivity contribution in [3.8, 4) is 5.75 Å². The molecule has 0 saturated carbocycles. The monoisotopic (exact) mass is 253 g/mol. The van der Waals surface area contributed by atoms with Gasteiger partial charge >= 0.3 is 0 Å². The molecule has 4 heteroatoms. The lowest BCUT2D eigenvalue weighted by Gasteiger charge is -2.18. The molecule has 0 spiro atoms. The number of phenols is 1. The van der Waals surface area contributed by atoms with E-state index in [0.29, 0.717) is 17.2 Å². The van der Waals surface area contributed by atoms with Crippen LogP contribution in [0.25, 0.3) is 0 Å². The number of hydrogen-bond donors (Lipinski definition) is 1. The van der Waals surface area contributed by atoms with Gasteiger partial charge in [-0.25, -0.2) is 0 Å². The molecule has 0 aromatic heterocycles. The molecule has 0 unspecified atom stereocenters. The lowest BCUT2D eigenvalue weighted by atomic mass is 10.2. The molecule has 0 heterocycles. The Labute approximate surface area is 108 Å². The number of benzene rings is 1. The van der Waals surface area contributed by atoms with Gasteiger partial charge in [0, 0.05) is 6.54 Å². The van der Waals surface area contributed by atoms with Crippen LogP contribution in [0.4, 0.5) is 0 Å². The molecule has 0 fully saturated rings. The van der Waals surface area contributed by atoms with E-state index in [4.69, 9.17) is 17.0 Å². The van der Waals surface area contributed by atoms with E-state index in [0.717, 1.165) is 19.6 Å². The van der Waals surface area contributed by atoms with Crippen LogP contribution in [0.1, 0.15) is 19.4 Å². The molecule has 0 aliphatic rings. The van der Waals surface area contributed by atoms with E-state index in [1.807, 2.05) is 6.07 Å². The quantitative estimate of drug-likeness (QED) is 0.789. The van der Waals surface area contributed by atoms with E-state index in [2.05, 4.69) is 18.7 Å². The summed E-state index contributed by atoms with van der Waals surface area (Å²) in [7, 11) is 0. The van der Waals surface area contributed by atoms with Crippen molar-refractivity contribution >= 4 is 17.3 Å². The highest BCUT2D eigenvalue weighted by Crippen LogP contribution is 2.17. The Morgan fingerprint density at radius 3 is 2.53 bits per heavy atom. The van der Waals surface area contributed by atoms with E-state index < -0.39 is 0 Å². The first kappa shape index (κ1) is 13.9. The zero-order valence-corrected chi connectivity index (χ0v) is 11.2. The first-order chi connectivity index (χ1) is 8.19. The fraction of sp³-hybridized carbons (Fsp3) is 0.462. The minimum absolute atomic E-state index is 0.167. The van der Waals surface area contributed by atoms with Gasteiger partial charge in [0.2, 0.25) is 0 Å². The summed E-state index contributed by atoms with van der Waals surface area (Å²) in [5, 5.41) is 9.96. The second kappa shape index (κ2) is 7.25. The summed E-state index contributed by atoms with van der Waals surface area (Å²) in [5.41, 5.74) is 0.585. The zero-order valence-electron chi connectivity index (χ0n) is 10.3. The van der Waals surface area contributed by atoms with E-state index in [-0.39, 0.29) is 5.75 Å². The predicted molar refractivity (Wildman–Crippen MR) is 73.5 cm³/mol. The maximum atomic E-state index is 9.60. The van der Waals surface area contributed by atoms with Crippen LogP contribution < -0.4 is 0 Å². The molecule has 94 valence electrons. The van der Waals surface area contributed by atoms with Gasteiger partial charge in [0.25, 0.3) is 0 Å². The second-order valence-electron chi connectivity index (χ2n) is 3.68. The molecular weight excluding hydrogens is 234 g/mol. The van der Waals surface area contributed by atoms with Gasteiger partial charge in [-0.05, 0) is 37.4 Å². The number of thiocarbonyl (C=S) groups is 1. The molecule has 0 atom stereocenters. The maximum absolute atomic E-state index is 9.60. The van der Waals surface area contributed by atoms with Crippen molar-refractivity contribution in [2.45, 2.75) is 13.8 Å². The smallest absolute Gasteiger partial charge is 0.194 e. The highest BCUT2D eigenvalue weighted by Gasteiger charge is 2.07. The average molecular weight is 253 g/mol. The summed E-state index contributed by atoms with van der Waals surface area (Å²) >= 11 is 5.13. The standard InChI is InChI=1S/C13H19NO2S/c1-3-14(4-2)9-10-16-13(17)11-7-5-6-8-12(11)15/h5-8,15H,3-4,9-10H2,1-2H3. The van der Waals surface area contributed by atoms with Crippen LogP contribution in [0.2, 0.25) is 0 Å². The lowest BCUT2D eigenvalue weighted by Crippen LogP contribution is -2.27. The highest BCUT2D eigenvalue weighted by atomic mass is 32.1. The zero-order chi connectivity index (χ0) is 12.7. The van der Waals surface area contributed by atoms with Gasteiger partial charge in [0.05, 0.1) is 5.56 Å². The number of phenolic OH excluding ortho intramolecular Hbond substituents is 1. The van der Waals surface area contributed by atoms with Gasteiger partial charge in [-0.15, -0.1) is 0 Å². The molecule has 0 amide bonds. The van der Waals surface area contributed by atoms with E-state index >= 15 is 0 Å². The molecule has 17 heavy (non-hydrogen) atoms. The first-order valence-corrected chi connectivity index (χ1v) is 6.27. The molecule has 1 aromatic carbocycles. The summed E-state index contributed by atoms with van der Waals surface area (Å²) in [5.74, 6) is 0.167. The minimum atomic E-state index is 0.167. The van der Waals surface area contributed by atoms with Crippen LogP contribution in [0.15, 0.2) is 24.3 Å². The molecule has 0 aliphatic heterocycles. The average Bonchev–Trinajstić information content (AvgIpc) is 2.35. The number of likely N-dealkylation sites (N-methyl/N-ethyl adjacent to an activating group) is 1. The number of ether oxygens (including phenoxy) is 1. The van der Waals surface area contributed by atoms with Gasteiger partial charge in [-0.2, -0.15) is 0 Å². The van der Waals surface area contributed by atoms with Crippen LogP contribution in [-0.2, 0) is 4.74 Å². The van der Waals surface area contributed by atoms with Crippen LogP contribution in [0.3, 0.4) is 0 Å². The summed E-state index contributed by atoms with van der Waals surface area (Å²) in [4.78, 5) is 2.26. The fourth-order valence-corrected chi connectivity index (χ4v) is 1.79. The Morgan fingerprint density at radius 2 is 1.94 bits per heavy atom. The van der Waals surface area contributed by atoms with Crippen molar-refractivity contribution in [3.05, 3.63) is 29.8 Å². The van der Waals surface area contributed by atoms with Crippen molar-refractivity contribution in [1.82, 2.24) is 4.90 Å². The van der Waals surface area contributed by atoms with Gasteiger partial charge in [-0.1, -0.05) is 26.0 Å². The van der Waals surface area contributed by atoms with Gasteiger partial charge < -0.3 is 14.7 Å². The first-order valence-electron chi connectivity index (χ1n) is 5.86. The van der Waals surface area contributed by atoms with Crippen molar-refractivity contribution in [1.29, 1.82) is 0 Å². The third kappa shape index (κ3) is 4.32. The molecule has 0 radical (unpaired) electrons. The molecule has 1 rings (SSSR count). The van der Waals surface area contributed by atoms with Crippen LogP contribution in [0.5, 0.6) is 5.75 Å². The van der Waals surface area contributed by atoms with Crippen molar-refractivity contribution < 1.29 is 9.84 Å². The van der Waals surface area contributed by atoms with E-state index in [1.165, 1.54) is 0 Å². The molecule has 1 N–H and O–H groups in total. The van der Waals surface area contributed by atoms with Gasteiger partial charge in [-0.3, -0.25) is 0 Å². The normalized spacial score (nSPS) is 10.5. The number of nitrogens with zero attached hydrogens (tertiary/aromatic N) is 1. The Bertz CT molecular complexity index is 364. The topological polar surface area (TPSA) is 32.7 Å². The summed E-state index contributed by atoms with van der Waals surface area (Å²) in [6.07, 6.45) is 0. The van der Waals surface area contributed by atoms with Crippen LogP contribution in [0, 0.1) is 0 Å². The molecule has 0 bridgehead atoms. The second-order valence-corrected chi connectivity index (χ2v) is 4.05. The predicted octanol–water partition coefficient (Wildman–Crippen LogP) is 2.43. The minimum Gasteiger partial charge on any atom is -0.507 e. The number of rotatable bonds is 6. The van der Waals surface area contributed by atoms with Gasteiger partial charge in [0.15, 0.2) is 5.05 Å². The summed E-state index contributed by atoms with van der Waals surface area (Å²) in [6, 6.07) is 6.96. The fourth-order valence-electron chi connectivity index (χ4n) is 1.53. The Hall–Kier alpha value is -1.13. The Balaban J connectivity index is 2.43. The van der Waals surface area contributed by atoms with E-state index in [1.54, 1.807) is 18.2 Å². The summed E-state index contributed by atoms with van der Waals surface area (Å²) < 4.78 is 5.47. The number of aromatic hydroxyl groups is 1. The third-order valence-corrected chi connectivity index (χ3v) is 3.00. The Morgan fingerprint density at radius 1 is 1.29 bits per heavy atom. The van der Waals surface area contributed by atoms with Crippen LogP contribution >= 0.6 is 12.2 Å².